The van der Waals surface area contributed by atoms with Crippen LogP contribution >= 0.6 is 0 Å². The zero-order valence-electron chi connectivity index (χ0n) is 12.1. The molecular formula is C16H21N3O. The van der Waals surface area contributed by atoms with Crippen LogP contribution in [0.15, 0.2) is 30.6 Å². The molecule has 1 N–H and O–H groups in total. The summed E-state index contributed by atoms with van der Waals surface area (Å²) in [5, 5.41) is 3.60. The molecule has 1 unspecified atom stereocenters. The quantitative estimate of drug-likeness (QED) is 0.908. The first-order chi connectivity index (χ1) is 9.78. The molecule has 0 amide bonds. The van der Waals surface area contributed by atoms with Crippen LogP contribution in [0, 0.1) is 0 Å². The van der Waals surface area contributed by atoms with Gasteiger partial charge in [-0.05, 0) is 23.6 Å². The first kappa shape index (κ1) is 13.2. The van der Waals surface area contributed by atoms with E-state index in [-0.39, 0.29) is 0 Å². The fraction of sp³-hybridized carbons (Fsp3) is 0.438. The summed E-state index contributed by atoms with van der Waals surface area (Å²) in [4.78, 5) is 4.35. The molecule has 3 rings (SSSR count). The van der Waals surface area contributed by atoms with E-state index in [0.29, 0.717) is 6.04 Å². The third kappa shape index (κ3) is 2.56. The summed E-state index contributed by atoms with van der Waals surface area (Å²) < 4.78 is 7.62. The molecule has 0 fully saturated rings. The van der Waals surface area contributed by atoms with Gasteiger partial charge in [-0.3, -0.25) is 0 Å². The van der Waals surface area contributed by atoms with Crippen molar-refractivity contribution in [2.45, 2.75) is 32.4 Å². The fourth-order valence-electron chi connectivity index (χ4n) is 2.70. The second-order valence-electron chi connectivity index (χ2n) is 5.26. The first-order valence-corrected chi connectivity index (χ1v) is 7.23. The smallest absolute Gasteiger partial charge is 0.122 e. The minimum absolute atomic E-state index is 0.359. The minimum Gasteiger partial charge on any atom is -0.493 e. The molecule has 0 bridgehead atoms. The van der Waals surface area contributed by atoms with Crippen molar-refractivity contribution in [1.29, 1.82) is 0 Å². The van der Waals surface area contributed by atoms with Crippen molar-refractivity contribution < 1.29 is 4.74 Å². The Kier molecular flexibility index (Phi) is 3.74. The lowest BCUT2D eigenvalue weighted by Crippen LogP contribution is -2.22. The monoisotopic (exact) mass is 271 g/mol. The molecule has 4 nitrogen and oxygen atoms in total. The largest absolute Gasteiger partial charge is 0.493 e. The predicted octanol–water partition coefficient (Wildman–Crippen LogP) is 2.60. The Bertz CT molecular complexity index is 591. The van der Waals surface area contributed by atoms with Crippen molar-refractivity contribution in [3.63, 3.8) is 0 Å². The number of benzene rings is 1. The summed E-state index contributed by atoms with van der Waals surface area (Å²) in [5.74, 6) is 2.11. The number of nitrogens with one attached hydrogen (secondary N) is 1. The fourth-order valence-corrected chi connectivity index (χ4v) is 2.70. The van der Waals surface area contributed by atoms with Crippen LogP contribution in [-0.2, 0) is 20.0 Å². The molecule has 0 saturated carbocycles. The van der Waals surface area contributed by atoms with Gasteiger partial charge in [-0.1, -0.05) is 19.1 Å². The molecule has 1 aliphatic heterocycles. The summed E-state index contributed by atoms with van der Waals surface area (Å²) in [6, 6.07) is 6.91. The molecule has 2 heterocycles. The minimum atomic E-state index is 0.359. The second-order valence-corrected chi connectivity index (χ2v) is 5.26. The molecule has 20 heavy (non-hydrogen) atoms. The van der Waals surface area contributed by atoms with Crippen molar-refractivity contribution in [3.8, 4) is 5.75 Å². The van der Waals surface area contributed by atoms with E-state index in [1.54, 1.807) is 0 Å². The van der Waals surface area contributed by atoms with E-state index in [9.17, 15) is 0 Å². The molecule has 106 valence electrons. The van der Waals surface area contributed by atoms with Gasteiger partial charge in [0.25, 0.3) is 0 Å². The Morgan fingerprint density at radius 3 is 3.10 bits per heavy atom. The molecule has 1 aromatic carbocycles. The molecule has 1 aromatic heterocycles. The lowest BCUT2D eigenvalue weighted by atomic mass is 10.0. The Morgan fingerprint density at radius 2 is 2.35 bits per heavy atom. The van der Waals surface area contributed by atoms with Crippen molar-refractivity contribution in [3.05, 3.63) is 47.5 Å². The molecular weight excluding hydrogens is 250 g/mol. The average Bonchev–Trinajstić information content (AvgIpc) is 3.08. The summed E-state index contributed by atoms with van der Waals surface area (Å²) in [7, 11) is 2.03. The Morgan fingerprint density at radius 1 is 1.45 bits per heavy atom. The highest BCUT2D eigenvalue weighted by molar-refractivity contribution is 5.40. The van der Waals surface area contributed by atoms with Crippen LogP contribution in [0.1, 0.15) is 36.3 Å². The highest BCUT2D eigenvalue weighted by Crippen LogP contribution is 2.29. The van der Waals surface area contributed by atoms with E-state index in [0.717, 1.165) is 37.6 Å². The number of ether oxygens (including phenoxy) is 1. The number of imidazole rings is 1. The van der Waals surface area contributed by atoms with Gasteiger partial charge >= 0.3 is 0 Å². The van der Waals surface area contributed by atoms with Gasteiger partial charge in [-0.15, -0.1) is 0 Å². The lowest BCUT2D eigenvalue weighted by Gasteiger charge is -2.18. The number of rotatable bonds is 5. The van der Waals surface area contributed by atoms with Gasteiger partial charge in [0.15, 0.2) is 0 Å². The number of nitrogens with zero attached hydrogens (tertiary/aromatic N) is 2. The van der Waals surface area contributed by atoms with Gasteiger partial charge in [0.1, 0.15) is 11.6 Å². The number of fused-ring (bicyclic) bond motifs is 1. The molecule has 0 radical (unpaired) electrons. The van der Waals surface area contributed by atoms with Crippen molar-refractivity contribution in [2.24, 2.45) is 7.05 Å². The molecule has 0 spiro atoms. The topological polar surface area (TPSA) is 39.1 Å². The second kappa shape index (κ2) is 5.67. The molecule has 0 saturated heterocycles. The van der Waals surface area contributed by atoms with Crippen molar-refractivity contribution in [1.82, 2.24) is 14.9 Å². The van der Waals surface area contributed by atoms with Gasteiger partial charge in [-0.25, -0.2) is 4.98 Å². The summed E-state index contributed by atoms with van der Waals surface area (Å²) >= 11 is 0. The first-order valence-electron chi connectivity index (χ1n) is 7.23. The van der Waals surface area contributed by atoms with Crippen LogP contribution in [0.2, 0.25) is 0 Å². The van der Waals surface area contributed by atoms with Crippen LogP contribution in [0.5, 0.6) is 5.75 Å². The normalized spacial score (nSPS) is 14.9. The van der Waals surface area contributed by atoms with Crippen LogP contribution in [0.4, 0.5) is 0 Å². The van der Waals surface area contributed by atoms with Crippen LogP contribution in [0.25, 0.3) is 0 Å². The van der Waals surface area contributed by atoms with Gasteiger partial charge in [0.05, 0.1) is 13.2 Å². The number of hydrogen-bond donors (Lipinski definition) is 1. The van der Waals surface area contributed by atoms with E-state index in [1.807, 2.05) is 19.4 Å². The highest BCUT2D eigenvalue weighted by Gasteiger charge is 2.16. The molecule has 1 aliphatic rings. The van der Waals surface area contributed by atoms with E-state index in [2.05, 4.69) is 40.0 Å². The maximum atomic E-state index is 5.57. The van der Waals surface area contributed by atoms with Crippen molar-refractivity contribution in [2.75, 3.05) is 6.61 Å². The van der Waals surface area contributed by atoms with Crippen molar-refractivity contribution >= 4 is 0 Å². The van der Waals surface area contributed by atoms with Gasteiger partial charge in [0, 0.05) is 31.9 Å². The third-order valence-corrected chi connectivity index (χ3v) is 3.95. The number of aromatic nitrogens is 2. The number of aryl methyl sites for hydroxylation is 1. The van der Waals surface area contributed by atoms with Gasteiger partial charge in [-0.2, -0.15) is 0 Å². The predicted molar refractivity (Wildman–Crippen MR) is 78.7 cm³/mol. The SMILES string of the molecule is CCC(NCc1nccn1C)c1ccc2c(c1)CCO2. The molecule has 0 aliphatic carbocycles. The summed E-state index contributed by atoms with van der Waals surface area (Å²) in [6.45, 7) is 3.81. The summed E-state index contributed by atoms with van der Waals surface area (Å²) in [6.07, 6.45) is 5.90. The van der Waals surface area contributed by atoms with E-state index >= 15 is 0 Å². The highest BCUT2D eigenvalue weighted by atomic mass is 16.5. The average molecular weight is 271 g/mol. The standard InChI is InChI=1S/C16H21N3O/c1-3-14(18-11-16-17-7-8-19(16)2)12-4-5-15-13(10-12)6-9-20-15/h4-5,7-8,10,14,18H,3,6,9,11H2,1-2H3. The maximum Gasteiger partial charge on any atom is 0.122 e. The lowest BCUT2D eigenvalue weighted by molar-refractivity contribution is 0.356. The number of hydrogen-bond acceptors (Lipinski definition) is 3. The van der Waals surface area contributed by atoms with Crippen LogP contribution < -0.4 is 10.1 Å². The maximum absolute atomic E-state index is 5.57. The molecule has 1 atom stereocenters. The zero-order chi connectivity index (χ0) is 13.9. The van der Waals surface area contributed by atoms with E-state index in [1.165, 1.54) is 11.1 Å². The van der Waals surface area contributed by atoms with Gasteiger partial charge < -0.3 is 14.6 Å². The summed E-state index contributed by atoms with van der Waals surface area (Å²) in [5.41, 5.74) is 2.67. The van der Waals surface area contributed by atoms with Crippen LogP contribution in [-0.4, -0.2) is 16.2 Å². The molecule has 2 aromatic rings. The Hall–Kier alpha value is -1.81. The third-order valence-electron chi connectivity index (χ3n) is 3.95. The van der Waals surface area contributed by atoms with E-state index in [4.69, 9.17) is 4.74 Å². The van der Waals surface area contributed by atoms with Crippen LogP contribution in [0.3, 0.4) is 0 Å². The zero-order valence-corrected chi connectivity index (χ0v) is 12.1. The Balaban J connectivity index is 1.71. The molecule has 4 heteroatoms. The van der Waals surface area contributed by atoms with Gasteiger partial charge in [0.2, 0.25) is 0 Å². The Labute approximate surface area is 119 Å². The van der Waals surface area contributed by atoms with E-state index < -0.39 is 0 Å².